The second-order valence-electron chi connectivity index (χ2n) is 2.63. The van der Waals surface area contributed by atoms with Crippen LogP contribution in [0.15, 0.2) is 36.9 Å². The van der Waals surface area contributed by atoms with Crippen molar-refractivity contribution >= 4 is 5.97 Å². The lowest BCUT2D eigenvalue weighted by atomic mass is 10.2. The van der Waals surface area contributed by atoms with Gasteiger partial charge >= 0.3 is 5.97 Å². The zero-order chi connectivity index (χ0) is 9.68. The van der Waals surface area contributed by atoms with E-state index in [1.807, 2.05) is 18.2 Å². The first-order valence-electron chi connectivity index (χ1n) is 4.19. The minimum absolute atomic E-state index is 0.423. The standard InChI is InChI=1S/C11H12O2/c1-3-9-6-5-7-10(8-9)13-11(12)4-2/h4-8H,2-3H2,1H3. The van der Waals surface area contributed by atoms with Gasteiger partial charge in [-0.15, -0.1) is 0 Å². The number of hydrogen-bond acceptors (Lipinski definition) is 2. The van der Waals surface area contributed by atoms with E-state index in [4.69, 9.17) is 4.74 Å². The Balaban J connectivity index is 2.77. The summed E-state index contributed by atoms with van der Waals surface area (Å²) in [4.78, 5) is 10.8. The van der Waals surface area contributed by atoms with Crippen LogP contribution in [0.4, 0.5) is 0 Å². The lowest BCUT2D eigenvalue weighted by Crippen LogP contribution is -2.03. The number of carbonyl (C=O) groups is 1. The van der Waals surface area contributed by atoms with Crippen LogP contribution in [0.5, 0.6) is 5.75 Å². The average Bonchev–Trinajstić information content (AvgIpc) is 2.18. The molecular formula is C11H12O2. The van der Waals surface area contributed by atoms with Crippen molar-refractivity contribution < 1.29 is 9.53 Å². The Bertz CT molecular complexity index is 316. The van der Waals surface area contributed by atoms with E-state index in [-0.39, 0.29) is 0 Å². The molecule has 1 aromatic rings. The molecule has 1 aromatic carbocycles. The molecule has 68 valence electrons. The second-order valence-corrected chi connectivity index (χ2v) is 2.63. The zero-order valence-corrected chi connectivity index (χ0v) is 7.62. The van der Waals surface area contributed by atoms with Crippen molar-refractivity contribution in [3.63, 3.8) is 0 Å². The van der Waals surface area contributed by atoms with Gasteiger partial charge in [-0.25, -0.2) is 4.79 Å². The molecule has 0 heterocycles. The number of carbonyl (C=O) groups excluding carboxylic acids is 1. The van der Waals surface area contributed by atoms with Crippen molar-refractivity contribution in [2.75, 3.05) is 0 Å². The van der Waals surface area contributed by atoms with Crippen molar-refractivity contribution in [2.24, 2.45) is 0 Å². The van der Waals surface area contributed by atoms with E-state index in [0.717, 1.165) is 18.1 Å². The van der Waals surface area contributed by atoms with Crippen LogP contribution in [0.3, 0.4) is 0 Å². The molecule has 2 heteroatoms. The van der Waals surface area contributed by atoms with Crippen molar-refractivity contribution in [1.82, 2.24) is 0 Å². The first kappa shape index (κ1) is 9.52. The van der Waals surface area contributed by atoms with E-state index >= 15 is 0 Å². The van der Waals surface area contributed by atoms with E-state index < -0.39 is 5.97 Å². The SMILES string of the molecule is C=CC(=O)Oc1cccc(CC)c1. The first-order chi connectivity index (χ1) is 6.26. The highest BCUT2D eigenvalue weighted by Crippen LogP contribution is 2.13. The van der Waals surface area contributed by atoms with Crippen LogP contribution >= 0.6 is 0 Å². The summed E-state index contributed by atoms with van der Waals surface area (Å²) in [6.07, 6.45) is 2.08. The van der Waals surface area contributed by atoms with Crippen molar-refractivity contribution in [3.8, 4) is 5.75 Å². The van der Waals surface area contributed by atoms with Crippen molar-refractivity contribution in [2.45, 2.75) is 13.3 Å². The van der Waals surface area contributed by atoms with E-state index in [2.05, 4.69) is 13.5 Å². The van der Waals surface area contributed by atoms with Gasteiger partial charge in [-0.1, -0.05) is 25.6 Å². The van der Waals surface area contributed by atoms with Crippen LogP contribution in [0.1, 0.15) is 12.5 Å². The molecule has 0 radical (unpaired) electrons. The number of benzene rings is 1. The summed E-state index contributed by atoms with van der Waals surface area (Å²) in [5.74, 6) is 0.150. The van der Waals surface area contributed by atoms with Gasteiger partial charge in [0.15, 0.2) is 0 Å². The molecule has 0 bridgehead atoms. The molecule has 0 unspecified atom stereocenters. The Kier molecular flexibility index (Phi) is 3.26. The molecule has 13 heavy (non-hydrogen) atoms. The minimum Gasteiger partial charge on any atom is -0.423 e. The predicted octanol–water partition coefficient (Wildman–Crippen LogP) is 2.34. The number of hydrogen-bond donors (Lipinski definition) is 0. The maximum absolute atomic E-state index is 10.8. The maximum atomic E-state index is 10.8. The van der Waals surface area contributed by atoms with Gasteiger partial charge in [0.05, 0.1) is 0 Å². The normalized spacial score (nSPS) is 9.31. The zero-order valence-electron chi connectivity index (χ0n) is 7.62. The molecule has 0 aliphatic rings. The molecule has 0 aromatic heterocycles. The van der Waals surface area contributed by atoms with Crippen LogP contribution in [-0.4, -0.2) is 5.97 Å². The van der Waals surface area contributed by atoms with Gasteiger partial charge in [0, 0.05) is 6.08 Å². The monoisotopic (exact) mass is 176 g/mol. The molecular weight excluding hydrogens is 164 g/mol. The fraction of sp³-hybridized carbons (Fsp3) is 0.182. The molecule has 2 nitrogen and oxygen atoms in total. The third-order valence-corrected chi connectivity index (χ3v) is 1.69. The van der Waals surface area contributed by atoms with E-state index in [9.17, 15) is 4.79 Å². The van der Waals surface area contributed by atoms with Gasteiger partial charge in [0.1, 0.15) is 5.75 Å². The van der Waals surface area contributed by atoms with E-state index in [0.29, 0.717) is 5.75 Å². The second kappa shape index (κ2) is 4.45. The third kappa shape index (κ3) is 2.75. The molecule has 0 saturated carbocycles. The summed E-state index contributed by atoms with van der Waals surface area (Å²) in [6, 6.07) is 7.46. The number of rotatable bonds is 3. The molecule has 0 amide bonds. The molecule has 0 saturated heterocycles. The van der Waals surface area contributed by atoms with Crippen LogP contribution in [0, 0.1) is 0 Å². The number of esters is 1. The molecule has 1 rings (SSSR count). The van der Waals surface area contributed by atoms with Gasteiger partial charge in [-0.2, -0.15) is 0 Å². The minimum atomic E-state index is -0.423. The first-order valence-corrected chi connectivity index (χ1v) is 4.19. The van der Waals surface area contributed by atoms with Crippen molar-refractivity contribution in [3.05, 3.63) is 42.5 Å². The highest BCUT2D eigenvalue weighted by atomic mass is 16.5. The summed E-state index contributed by atoms with van der Waals surface area (Å²) in [5.41, 5.74) is 1.15. The quantitative estimate of drug-likeness (QED) is 0.401. The smallest absolute Gasteiger partial charge is 0.335 e. The molecule has 0 atom stereocenters. The van der Waals surface area contributed by atoms with Gasteiger partial charge in [-0.05, 0) is 24.1 Å². The van der Waals surface area contributed by atoms with Gasteiger partial charge in [-0.3, -0.25) is 0 Å². The van der Waals surface area contributed by atoms with Crippen LogP contribution in [0.2, 0.25) is 0 Å². The summed E-state index contributed by atoms with van der Waals surface area (Å²) >= 11 is 0. The van der Waals surface area contributed by atoms with Gasteiger partial charge in [0.25, 0.3) is 0 Å². The molecule has 0 N–H and O–H groups in total. The highest BCUT2D eigenvalue weighted by molar-refractivity contribution is 5.83. The summed E-state index contributed by atoms with van der Waals surface area (Å²) < 4.78 is 4.95. The largest absolute Gasteiger partial charge is 0.423 e. The molecule has 0 spiro atoms. The predicted molar refractivity (Wildman–Crippen MR) is 51.7 cm³/mol. The third-order valence-electron chi connectivity index (χ3n) is 1.69. The summed E-state index contributed by atoms with van der Waals surface area (Å²) in [6.45, 7) is 5.37. The number of aryl methyl sites for hydroxylation is 1. The van der Waals surface area contributed by atoms with E-state index in [1.165, 1.54) is 0 Å². The molecule has 0 aliphatic carbocycles. The fourth-order valence-electron chi connectivity index (χ4n) is 0.987. The highest BCUT2D eigenvalue weighted by Gasteiger charge is 1.99. The van der Waals surface area contributed by atoms with Crippen LogP contribution in [-0.2, 0) is 11.2 Å². The van der Waals surface area contributed by atoms with Crippen LogP contribution < -0.4 is 4.74 Å². The van der Waals surface area contributed by atoms with E-state index in [1.54, 1.807) is 6.07 Å². The summed E-state index contributed by atoms with van der Waals surface area (Å²) in [7, 11) is 0. The molecule has 0 fully saturated rings. The Morgan fingerprint density at radius 2 is 2.38 bits per heavy atom. The van der Waals surface area contributed by atoms with Gasteiger partial charge in [0.2, 0.25) is 0 Å². The Morgan fingerprint density at radius 1 is 1.62 bits per heavy atom. The summed E-state index contributed by atoms with van der Waals surface area (Å²) in [5, 5.41) is 0. The average molecular weight is 176 g/mol. The maximum Gasteiger partial charge on any atom is 0.335 e. The Hall–Kier alpha value is -1.57. The lowest BCUT2D eigenvalue weighted by molar-refractivity contribution is -0.128. The molecule has 0 aliphatic heterocycles. The topological polar surface area (TPSA) is 26.3 Å². The van der Waals surface area contributed by atoms with Gasteiger partial charge < -0.3 is 4.74 Å². The fourth-order valence-corrected chi connectivity index (χ4v) is 0.987. The van der Waals surface area contributed by atoms with Crippen LogP contribution in [0.25, 0.3) is 0 Å². The van der Waals surface area contributed by atoms with Crippen molar-refractivity contribution in [1.29, 1.82) is 0 Å². The number of ether oxygens (including phenoxy) is 1. The lowest BCUT2D eigenvalue weighted by Gasteiger charge is -2.02. The Morgan fingerprint density at radius 3 is 3.00 bits per heavy atom. The Labute approximate surface area is 77.8 Å².